The van der Waals surface area contributed by atoms with E-state index >= 15 is 0 Å². The van der Waals surface area contributed by atoms with Crippen LogP contribution in [0.3, 0.4) is 0 Å². The van der Waals surface area contributed by atoms with E-state index in [0.29, 0.717) is 23.2 Å². The van der Waals surface area contributed by atoms with Crippen molar-refractivity contribution in [2.24, 2.45) is 0 Å². The van der Waals surface area contributed by atoms with Crippen LogP contribution < -0.4 is 10.6 Å². The van der Waals surface area contributed by atoms with Crippen molar-refractivity contribution in [1.82, 2.24) is 5.32 Å². The minimum atomic E-state index is -1.17. The molecule has 0 fully saturated rings. The number of hydrogen-bond donors (Lipinski definition) is 4. The first-order chi connectivity index (χ1) is 14.3. The van der Waals surface area contributed by atoms with Gasteiger partial charge in [-0.15, -0.1) is 0 Å². The Balaban J connectivity index is 2.03. The SMILES string of the molecule is CCC(=O)Nc1ccc(C#Cc2ccc(C(=O)N[C@H](C(=O)CO)[C@@H](C)O)cc2)cc1. The Morgan fingerprint density at radius 2 is 1.50 bits per heavy atom. The second-order valence-corrected chi connectivity index (χ2v) is 6.62. The second-order valence-electron chi connectivity index (χ2n) is 6.62. The third-order valence-electron chi connectivity index (χ3n) is 4.26. The fraction of sp³-hybridized carbons (Fsp3) is 0.261. The van der Waals surface area contributed by atoms with E-state index in [4.69, 9.17) is 5.11 Å². The van der Waals surface area contributed by atoms with Gasteiger partial charge in [0.15, 0.2) is 5.78 Å². The number of nitrogens with one attached hydrogen (secondary N) is 2. The molecule has 0 aromatic heterocycles. The number of anilines is 1. The molecule has 0 aliphatic heterocycles. The summed E-state index contributed by atoms with van der Waals surface area (Å²) in [6.45, 7) is 2.38. The minimum absolute atomic E-state index is 0.0570. The highest BCUT2D eigenvalue weighted by molar-refractivity contribution is 5.98. The smallest absolute Gasteiger partial charge is 0.251 e. The highest BCUT2D eigenvalue weighted by Gasteiger charge is 2.25. The summed E-state index contributed by atoms with van der Waals surface area (Å²) in [5.41, 5.74) is 2.47. The molecule has 0 saturated carbocycles. The molecule has 0 saturated heterocycles. The van der Waals surface area contributed by atoms with Gasteiger partial charge in [0.1, 0.15) is 12.6 Å². The zero-order chi connectivity index (χ0) is 22.1. The van der Waals surface area contributed by atoms with Crippen molar-refractivity contribution in [2.75, 3.05) is 11.9 Å². The van der Waals surface area contributed by atoms with Crippen molar-refractivity contribution in [3.63, 3.8) is 0 Å². The Hall–Kier alpha value is -3.47. The largest absolute Gasteiger partial charge is 0.391 e. The number of amides is 2. The van der Waals surface area contributed by atoms with E-state index in [-0.39, 0.29) is 5.91 Å². The lowest BCUT2D eigenvalue weighted by Gasteiger charge is -2.19. The third kappa shape index (κ3) is 6.55. The predicted molar refractivity (Wildman–Crippen MR) is 113 cm³/mol. The molecule has 0 unspecified atom stereocenters. The number of hydrogen-bond acceptors (Lipinski definition) is 5. The molecule has 0 aliphatic rings. The molecular weight excluding hydrogens is 384 g/mol. The Bertz CT molecular complexity index is 954. The Labute approximate surface area is 175 Å². The van der Waals surface area contributed by atoms with Gasteiger partial charge in [0.05, 0.1) is 6.10 Å². The maximum atomic E-state index is 12.3. The molecule has 0 spiro atoms. The number of ketones is 1. The molecule has 0 heterocycles. The summed E-state index contributed by atoms with van der Waals surface area (Å²) in [5, 5.41) is 23.7. The number of carbonyl (C=O) groups is 3. The van der Waals surface area contributed by atoms with Gasteiger partial charge >= 0.3 is 0 Å². The number of Topliss-reactive ketones (excluding diaryl/α,β-unsaturated/α-hetero) is 1. The van der Waals surface area contributed by atoms with Gasteiger partial charge in [-0.2, -0.15) is 0 Å². The van der Waals surface area contributed by atoms with Crippen LogP contribution in [-0.4, -0.2) is 46.6 Å². The van der Waals surface area contributed by atoms with Crippen LogP contribution in [0.2, 0.25) is 0 Å². The van der Waals surface area contributed by atoms with Crippen molar-refractivity contribution in [1.29, 1.82) is 0 Å². The van der Waals surface area contributed by atoms with Gasteiger partial charge in [-0.1, -0.05) is 18.8 Å². The first kappa shape index (κ1) is 22.8. The van der Waals surface area contributed by atoms with Crippen LogP contribution in [0.25, 0.3) is 0 Å². The zero-order valence-corrected chi connectivity index (χ0v) is 16.8. The van der Waals surface area contributed by atoms with Crippen LogP contribution in [-0.2, 0) is 9.59 Å². The van der Waals surface area contributed by atoms with Crippen LogP contribution in [0, 0.1) is 11.8 Å². The molecule has 7 heteroatoms. The molecular formula is C23H24N2O5. The minimum Gasteiger partial charge on any atom is -0.391 e. The molecule has 2 aromatic carbocycles. The molecule has 2 aromatic rings. The number of benzene rings is 2. The Kier molecular flexibility index (Phi) is 8.29. The van der Waals surface area contributed by atoms with E-state index in [0.717, 1.165) is 5.56 Å². The number of aliphatic hydroxyl groups is 2. The van der Waals surface area contributed by atoms with Gasteiger partial charge in [-0.25, -0.2) is 0 Å². The van der Waals surface area contributed by atoms with Gasteiger partial charge < -0.3 is 20.8 Å². The van der Waals surface area contributed by atoms with Gasteiger partial charge in [-0.05, 0) is 55.5 Å². The van der Waals surface area contributed by atoms with E-state index in [9.17, 15) is 19.5 Å². The van der Waals surface area contributed by atoms with Gasteiger partial charge in [-0.3, -0.25) is 14.4 Å². The fourth-order valence-corrected chi connectivity index (χ4v) is 2.53. The topological polar surface area (TPSA) is 116 Å². The molecule has 156 valence electrons. The first-order valence-corrected chi connectivity index (χ1v) is 9.48. The number of carbonyl (C=O) groups excluding carboxylic acids is 3. The van der Waals surface area contributed by atoms with E-state index in [2.05, 4.69) is 22.5 Å². The predicted octanol–water partition coefficient (Wildman–Crippen LogP) is 1.48. The maximum absolute atomic E-state index is 12.3. The average Bonchev–Trinajstić information content (AvgIpc) is 2.76. The normalized spacial score (nSPS) is 12.1. The van der Waals surface area contributed by atoms with E-state index in [1.807, 2.05) is 0 Å². The van der Waals surface area contributed by atoms with E-state index in [1.165, 1.54) is 6.92 Å². The molecule has 30 heavy (non-hydrogen) atoms. The summed E-state index contributed by atoms with van der Waals surface area (Å²) >= 11 is 0. The molecule has 2 atom stereocenters. The lowest BCUT2D eigenvalue weighted by molar-refractivity contribution is -0.126. The maximum Gasteiger partial charge on any atom is 0.251 e. The highest BCUT2D eigenvalue weighted by Crippen LogP contribution is 2.10. The first-order valence-electron chi connectivity index (χ1n) is 9.48. The summed E-state index contributed by atoms with van der Waals surface area (Å²) in [6, 6.07) is 12.4. The molecule has 0 aliphatic carbocycles. The number of aliphatic hydroxyl groups excluding tert-OH is 2. The molecule has 0 bridgehead atoms. The van der Waals surface area contributed by atoms with Crippen molar-refractivity contribution < 1.29 is 24.6 Å². The van der Waals surface area contributed by atoms with Gasteiger partial charge in [0.2, 0.25) is 5.91 Å². The summed E-state index contributed by atoms with van der Waals surface area (Å²) in [6.07, 6.45) is -0.715. The molecule has 0 radical (unpaired) electrons. The second kappa shape index (κ2) is 10.9. The third-order valence-corrected chi connectivity index (χ3v) is 4.26. The summed E-state index contributed by atoms with van der Waals surface area (Å²) in [4.78, 5) is 35.3. The lowest BCUT2D eigenvalue weighted by atomic mass is 10.1. The van der Waals surface area contributed by atoms with Crippen molar-refractivity contribution in [3.8, 4) is 11.8 Å². The summed E-state index contributed by atoms with van der Waals surface area (Å²) < 4.78 is 0. The lowest BCUT2D eigenvalue weighted by Crippen LogP contribution is -2.48. The van der Waals surface area contributed by atoms with Crippen LogP contribution >= 0.6 is 0 Å². The molecule has 2 rings (SSSR count). The standard InChI is InChI=1S/C23H24N2O5/c1-3-21(29)24-19-12-8-17(9-13-19)5-4-16-6-10-18(11-7-16)23(30)25-22(15(2)27)20(28)14-26/h6-13,15,22,26-27H,3,14H2,1-2H3,(H,24,29)(H,25,30)/t15-,22+/m1/s1. The van der Waals surface area contributed by atoms with Gasteiger partial charge in [0, 0.05) is 28.8 Å². The fourth-order valence-electron chi connectivity index (χ4n) is 2.53. The van der Waals surface area contributed by atoms with Crippen LogP contribution in [0.4, 0.5) is 5.69 Å². The molecule has 4 N–H and O–H groups in total. The van der Waals surface area contributed by atoms with Crippen molar-refractivity contribution in [2.45, 2.75) is 32.4 Å². The average molecular weight is 408 g/mol. The zero-order valence-electron chi connectivity index (χ0n) is 16.8. The monoisotopic (exact) mass is 408 g/mol. The Morgan fingerprint density at radius 3 is 1.97 bits per heavy atom. The van der Waals surface area contributed by atoms with Crippen LogP contribution in [0.5, 0.6) is 0 Å². The molecule has 7 nitrogen and oxygen atoms in total. The van der Waals surface area contributed by atoms with E-state index in [1.54, 1.807) is 55.5 Å². The quantitative estimate of drug-likeness (QED) is 0.518. The summed E-state index contributed by atoms with van der Waals surface area (Å²) in [5.74, 6) is 4.74. The van der Waals surface area contributed by atoms with Crippen molar-refractivity contribution in [3.05, 3.63) is 65.2 Å². The molecule has 2 amide bonds. The van der Waals surface area contributed by atoms with E-state index < -0.39 is 30.4 Å². The summed E-state index contributed by atoms with van der Waals surface area (Å²) in [7, 11) is 0. The van der Waals surface area contributed by atoms with Gasteiger partial charge in [0.25, 0.3) is 5.91 Å². The highest BCUT2D eigenvalue weighted by atomic mass is 16.3. The number of rotatable bonds is 7. The Morgan fingerprint density at radius 1 is 0.967 bits per heavy atom. The van der Waals surface area contributed by atoms with Crippen LogP contribution in [0.1, 0.15) is 41.8 Å². The van der Waals surface area contributed by atoms with Crippen LogP contribution in [0.15, 0.2) is 48.5 Å². The van der Waals surface area contributed by atoms with Crippen molar-refractivity contribution >= 4 is 23.3 Å².